The lowest BCUT2D eigenvalue weighted by Crippen LogP contribution is -2.33. The molecule has 1 heterocycles. The lowest BCUT2D eigenvalue weighted by atomic mass is 10.0. The van der Waals surface area contributed by atoms with E-state index in [2.05, 4.69) is 65.9 Å². The number of thiophene rings is 1. The van der Waals surface area contributed by atoms with Gasteiger partial charge in [-0.2, -0.15) is 0 Å². The van der Waals surface area contributed by atoms with Crippen molar-refractivity contribution in [2.45, 2.75) is 26.2 Å². The van der Waals surface area contributed by atoms with E-state index in [-0.39, 0.29) is 0 Å². The molecule has 21 heavy (non-hydrogen) atoms. The lowest BCUT2D eigenvalue weighted by Gasteiger charge is -2.10. The van der Waals surface area contributed by atoms with E-state index in [9.17, 15) is 0 Å². The standard InChI is InChI=1S/C17H23N3S/c1-13-5-7-15(8-6-13)14(2)12-20-17(18)19-10-9-16-4-3-11-21-16/h3-8,11,14H,9-10,12H2,1-2H3,(H3,18,19,20). The Labute approximate surface area is 130 Å². The van der Waals surface area contributed by atoms with Crippen LogP contribution in [-0.4, -0.2) is 19.0 Å². The van der Waals surface area contributed by atoms with Gasteiger partial charge in [-0.1, -0.05) is 42.8 Å². The molecule has 1 aromatic heterocycles. The zero-order valence-electron chi connectivity index (χ0n) is 12.7. The van der Waals surface area contributed by atoms with Crippen LogP contribution < -0.4 is 11.1 Å². The monoisotopic (exact) mass is 301 g/mol. The van der Waals surface area contributed by atoms with Crippen molar-refractivity contribution in [1.82, 2.24) is 5.32 Å². The second-order valence-electron chi connectivity index (χ2n) is 5.29. The summed E-state index contributed by atoms with van der Waals surface area (Å²) in [6, 6.07) is 12.8. The van der Waals surface area contributed by atoms with Gasteiger partial charge in [0.2, 0.25) is 0 Å². The van der Waals surface area contributed by atoms with E-state index >= 15 is 0 Å². The highest BCUT2D eigenvalue weighted by molar-refractivity contribution is 7.09. The molecule has 112 valence electrons. The van der Waals surface area contributed by atoms with Crippen molar-refractivity contribution >= 4 is 17.3 Å². The van der Waals surface area contributed by atoms with Crippen molar-refractivity contribution in [2.24, 2.45) is 10.7 Å². The summed E-state index contributed by atoms with van der Waals surface area (Å²) in [5.41, 5.74) is 8.49. The number of nitrogens with zero attached hydrogens (tertiary/aromatic N) is 1. The van der Waals surface area contributed by atoms with Crippen LogP contribution in [0.5, 0.6) is 0 Å². The molecule has 0 saturated carbocycles. The minimum atomic E-state index is 0.378. The molecule has 0 aliphatic carbocycles. The molecule has 0 saturated heterocycles. The van der Waals surface area contributed by atoms with Gasteiger partial charge in [0.25, 0.3) is 0 Å². The number of nitrogens with one attached hydrogen (secondary N) is 1. The number of rotatable bonds is 6. The first-order valence-electron chi connectivity index (χ1n) is 7.28. The van der Waals surface area contributed by atoms with Gasteiger partial charge in [0, 0.05) is 23.9 Å². The van der Waals surface area contributed by atoms with Gasteiger partial charge in [-0.15, -0.1) is 11.3 Å². The van der Waals surface area contributed by atoms with Crippen molar-refractivity contribution < 1.29 is 0 Å². The van der Waals surface area contributed by atoms with Gasteiger partial charge in [0.15, 0.2) is 5.96 Å². The third-order valence-electron chi connectivity index (χ3n) is 3.44. The minimum absolute atomic E-state index is 0.378. The van der Waals surface area contributed by atoms with Crippen LogP contribution in [0.4, 0.5) is 0 Å². The molecule has 2 aromatic rings. The maximum Gasteiger partial charge on any atom is 0.188 e. The molecule has 1 atom stereocenters. The molecule has 0 fully saturated rings. The highest BCUT2D eigenvalue weighted by atomic mass is 32.1. The fraction of sp³-hybridized carbons (Fsp3) is 0.353. The van der Waals surface area contributed by atoms with Crippen molar-refractivity contribution in [3.8, 4) is 0 Å². The molecule has 0 aliphatic heterocycles. The molecule has 1 aromatic carbocycles. The quantitative estimate of drug-likeness (QED) is 0.635. The highest BCUT2D eigenvalue weighted by Gasteiger charge is 2.04. The van der Waals surface area contributed by atoms with Gasteiger partial charge < -0.3 is 11.1 Å². The van der Waals surface area contributed by atoms with Gasteiger partial charge in [-0.05, 0) is 30.4 Å². The van der Waals surface area contributed by atoms with E-state index < -0.39 is 0 Å². The number of aliphatic imine (C=N–C) groups is 1. The van der Waals surface area contributed by atoms with Crippen LogP contribution in [0, 0.1) is 6.92 Å². The van der Waals surface area contributed by atoms with E-state index in [1.165, 1.54) is 16.0 Å². The Morgan fingerprint density at radius 1 is 1.29 bits per heavy atom. The average Bonchev–Trinajstić information content (AvgIpc) is 2.99. The van der Waals surface area contributed by atoms with E-state index in [4.69, 9.17) is 5.73 Å². The van der Waals surface area contributed by atoms with Crippen LogP contribution in [0.3, 0.4) is 0 Å². The summed E-state index contributed by atoms with van der Waals surface area (Å²) in [4.78, 5) is 5.79. The third kappa shape index (κ3) is 5.23. The largest absolute Gasteiger partial charge is 0.370 e. The zero-order valence-corrected chi connectivity index (χ0v) is 13.5. The van der Waals surface area contributed by atoms with E-state index in [1.54, 1.807) is 11.3 Å². The molecule has 3 nitrogen and oxygen atoms in total. The fourth-order valence-electron chi connectivity index (χ4n) is 2.06. The fourth-order valence-corrected chi connectivity index (χ4v) is 2.77. The Morgan fingerprint density at radius 2 is 2.05 bits per heavy atom. The molecular formula is C17H23N3S. The maximum absolute atomic E-state index is 5.91. The van der Waals surface area contributed by atoms with Crippen LogP contribution in [0.15, 0.2) is 46.8 Å². The number of hydrogen-bond acceptors (Lipinski definition) is 2. The molecule has 4 heteroatoms. The Balaban J connectivity index is 1.75. The molecule has 0 spiro atoms. The van der Waals surface area contributed by atoms with Crippen molar-refractivity contribution in [1.29, 1.82) is 0 Å². The van der Waals surface area contributed by atoms with Crippen molar-refractivity contribution in [2.75, 3.05) is 13.1 Å². The number of hydrogen-bond donors (Lipinski definition) is 2. The summed E-state index contributed by atoms with van der Waals surface area (Å²) >= 11 is 1.77. The van der Waals surface area contributed by atoms with Gasteiger partial charge in [0.05, 0.1) is 0 Å². The Morgan fingerprint density at radius 3 is 2.71 bits per heavy atom. The first-order chi connectivity index (χ1) is 10.1. The topological polar surface area (TPSA) is 50.4 Å². The van der Waals surface area contributed by atoms with Crippen LogP contribution in [0.1, 0.15) is 28.8 Å². The van der Waals surface area contributed by atoms with Crippen molar-refractivity contribution in [3.05, 3.63) is 57.8 Å². The molecule has 0 radical (unpaired) electrons. The molecule has 3 N–H and O–H groups in total. The first kappa shape index (κ1) is 15.6. The Hall–Kier alpha value is -1.81. The number of guanidine groups is 1. The smallest absolute Gasteiger partial charge is 0.188 e. The van der Waals surface area contributed by atoms with Crippen LogP contribution in [0.2, 0.25) is 0 Å². The van der Waals surface area contributed by atoms with E-state index in [0.717, 1.165) is 13.0 Å². The normalized spacial score (nSPS) is 13.1. The number of nitrogens with two attached hydrogens (primary N) is 1. The van der Waals surface area contributed by atoms with Gasteiger partial charge in [0.1, 0.15) is 0 Å². The van der Waals surface area contributed by atoms with E-state index in [1.807, 2.05) is 0 Å². The van der Waals surface area contributed by atoms with Gasteiger partial charge in [-0.25, -0.2) is 0 Å². The lowest BCUT2D eigenvalue weighted by molar-refractivity contribution is 0.763. The molecule has 1 unspecified atom stereocenters. The summed E-state index contributed by atoms with van der Waals surface area (Å²) in [5, 5.41) is 5.26. The highest BCUT2D eigenvalue weighted by Crippen LogP contribution is 2.15. The molecular weight excluding hydrogens is 278 g/mol. The van der Waals surface area contributed by atoms with Crippen LogP contribution in [0.25, 0.3) is 0 Å². The zero-order chi connectivity index (χ0) is 15.1. The molecule has 0 bridgehead atoms. The van der Waals surface area contributed by atoms with Crippen LogP contribution >= 0.6 is 11.3 Å². The Kier molecular flexibility index (Phi) is 5.81. The average molecular weight is 301 g/mol. The SMILES string of the molecule is Cc1ccc(C(C)CN=C(N)NCCc2cccs2)cc1. The first-order valence-corrected chi connectivity index (χ1v) is 8.16. The summed E-state index contributed by atoms with van der Waals surface area (Å²) in [6.45, 7) is 5.81. The van der Waals surface area contributed by atoms with Gasteiger partial charge >= 0.3 is 0 Å². The third-order valence-corrected chi connectivity index (χ3v) is 4.38. The predicted molar refractivity (Wildman–Crippen MR) is 92.1 cm³/mol. The van der Waals surface area contributed by atoms with E-state index in [0.29, 0.717) is 18.4 Å². The summed E-state index contributed by atoms with van der Waals surface area (Å²) in [7, 11) is 0. The molecule has 0 aliphatic rings. The minimum Gasteiger partial charge on any atom is -0.370 e. The van der Waals surface area contributed by atoms with Crippen LogP contribution in [-0.2, 0) is 6.42 Å². The van der Waals surface area contributed by atoms with Crippen molar-refractivity contribution in [3.63, 3.8) is 0 Å². The van der Waals surface area contributed by atoms with Gasteiger partial charge in [-0.3, -0.25) is 4.99 Å². The summed E-state index contributed by atoms with van der Waals surface area (Å²) in [6.07, 6.45) is 0.988. The second-order valence-corrected chi connectivity index (χ2v) is 6.33. The molecule has 2 rings (SSSR count). The molecule has 0 amide bonds. The summed E-state index contributed by atoms with van der Waals surface area (Å²) in [5.74, 6) is 0.911. The summed E-state index contributed by atoms with van der Waals surface area (Å²) < 4.78 is 0. The predicted octanol–water partition coefficient (Wildman–Crippen LogP) is 3.31. The maximum atomic E-state index is 5.91. The number of aryl methyl sites for hydroxylation is 1. The Bertz CT molecular complexity index is 558. The number of benzene rings is 1. The second kappa shape index (κ2) is 7.84.